The molecule has 2 amide bonds. The van der Waals surface area contributed by atoms with Crippen molar-refractivity contribution < 1.29 is 31.9 Å². The minimum Gasteiger partial charge on any atom is -0.459 e. The molecule has 0 bridgehead atoms. The fourth-order valence-corrected chi connectivity index (χ4v) is 9.19. The zero-order valence-corrected chi connectivity index (χ0v) is 30.0. The highest BCUT2D eigenvalue weighted by atomic mass is 32.2. The van der Waals surface area contributed by atoms with Gasteiger partial charge in [-0.3, -0.25) is 23.7 Å². The monoisotopic (exact) mass is 719 g/mol. The Morgan fingerprint density at radius 1 is 1.10 bits per heavy atom. The molecule has 2 aromatic carbocycles. The summed E-state index contributed by atoms with van der Waals surface area (Å²) in [6, 6.07) is 11.0. The number of amides is 2. The van der Waals surface area contributed by atoms with Gasteiger partial charge >= 0.3 is 0 Å². The third kappa shape index (κ3) is 7.40. The van der Waals surface area contributed by atoms with Gasteiger partial charge in [-0.15, -0.1) is 0 Å². The van der Waals surface area contributed by atoms with E-state index in [9.17, 15) is 27.2 Å². The molecule has 272 valence electrons. The standard InChI is InChI=1S/C38H46FN5O6S/c1-3-43-32-14-10-9-12-30(32)41-37(43)50-28-20-33-34(45)22-38(36(47)42-51(48,49)29-15-16-29)21-25(38)11-7-5-4-6-8-13-31(35(46)44(33)23-28)40-27-18-24(2)17-26(39)19-27/h7,9-12,14,17-19,25,28-29,31,33,40H,3-6,8,13,15-16,20-23H2,1-2H3,(H,42,47)/b11-7-/t25-,28+,31-,33-,38+/m0/s1. The first kappa shape index (κ1) is 35.2. The second-order valence-corrected chi connectivity index (χ2v) is 16.6. The van der Waals surface area contributed by atoms with Gasteiger partial charge in [0.2, 0.25) is 21.8 Å². The number of ether oxygens (including phenoxy) is 1. The van der Waals surface area contributed by atoms with Gasteiger partial charge < -0.3 is 15.0 Å². The van der Waals surface area contributed by atoms with E-state index >= 15 is 0 Å². The van der Waals surface area contributed by atoms with E-state index in [0.29, 0.717) is 49.5 Å². The Hall–Kier alpha value is -4.26. The summed E-state index contributed by atoms with van der Waals surface area (Å²) < 4.78 is 50.8. The number of carbonyl (C=O) groups excluding carboxylic acids is 3. The number of imidazole rings is 1. The van der Waals surface area contributed by atoms with E-state index < -0.39 is 50.6 Å². The van der Waals surface area contributed by atoms with Crippen LogP contribution in [0.1, 0.15) is 76.7 Å². The predicted octanol–water partition coefficient (Wildman–Crippen LogP) is 5.43. The van der Waals surface area contributed by atoms with Crippen molar-refractivity contribution in [2.24, 2.45) is 11.3 Å². The average Bonchev–Trinajstić information content (AvgIpc) is 3.98. The lowest BCUT2D eigenvalue weighted by Crippen LogP contribution is -2.49. The van der Waals surface area contributed by atoms with Gasteiger partial charge in [-0.1, -0.05) is 37.1 Å². The second-order valence-electron chi connectivity index (χ2n) is 14.7. The molecule has 3 aromatic rings. The number of hydrogen-bond donors (Lipinski definition) is 2. The Balaban J connectivity index is 1.21. The van der Waals surface area contributed by atoms with Gasteiger partial charge in [0.1, 0.15) is 18.0 Å². The first-order valence-corrected chi connectivity index (χ1v) is 19.7. The number of halogens is 1. The molecule has 51 heavy (non-hydrogen) atoms. The molecule has 5 atom stereocenters. The number of anilines is 1. The number of nitrogens with zero attached hydrogens (tertiary/aromatic N) is 3. The molecule has 0 radical (unpaired) electrons. The van der Waals surface area contributed by atoms with E-state index in [2.05, 4.69) is 10.0 Å². The van der Waals surface area contributed by atoms with E-state index in [1.165, 1.54) is 12.1 Å². The van der Waals surface area contributed by atoms with E-state index in [4.69, 9.17) is 9.72 Å². The van der Waals surface area contributed by atoms with Crippen molar-refractivity contribution in [2.75, 3.05) is 11.9 Å². The number of para-hydroxylation sites is 2. The van der Waals surface area contributed by atoms with E-state index in [1.807, 2.05) is 47.9 Å². The number of Topliss-reactive ketones (excluding diaryl/α,β-unsaturated/α-hetero) is 1. The number of allylic oxidation sites excluding steroid dienone is 2. The first-order valence-electron chi connectivity index (χ1n) is 18.2. The van der Waals surface area contributed by atoms with Crippen molar-refractivity contribution in [1.29, 1.82) is 0 Å². The van der Waals surface area contributed by atoms with Crippen LogP contribution < -0.4 is 14.8 Å². The summed E-state index contributed by atoms with van der Waals surface area (Å²) in [6.07, 6.45) is 8.40. The Labute approximate surface area is 298 Å². The van der Waals surface area contributed by atoms with E-state index in [0.717, 1.165) is 36.7 Å². The zero-order valence-electron chi connectivity index (χ0n) is 29.1. The highest BCUT2D eigenvalue weighted by Gasteiger charge is 2.61. The fourth-order valence-electron chi connectivity index (χ4n) is 7.81. The SMILES string of the molecule is CCn1c(O[C@@H]2C[C@H]3C(=O)C[C@]4(C(=O)NS(=O)(=O)C5CC5)C[C@@H]4/C=C\CCCCC[C@H](Nc4cc(C)cc(F)c4)C(=O)N3C2)nc2ccccc21. The third-order valence-electron chi connectivity index (χ3n) is 10.8. The molecule has 13 heteroatoms. The molecule has 2 aliphatic heterocycles. The minimum absolute atomic E-state index is 0.112. The highest BCUT2D eigenvalue weighted by Crippen LogP contribution is 2.57. The Morgan fingerprint density at radius 2 is 1.90 bits per heavy atom. The topological polar surface area (TPSA) is 140 Å². The third-order valence-corrected chi connectivity index (χ3v) is 12.6. The number of rotatable bonds is 8. The van der Waals surface area contributed by atoms with E-state index in [1.54, 1.807) is 17.9 Å². The Bertz CT molecular complexity index is 1960. The van der Waals surface area contributed by atoms with Crippen LogP contribution >= 0.6 is 0 Å². The molecule has 1 aromatic heterocycles. The summed E-state index contributed by atoms with van der Waals surface area (Å²) in [4.78, 5) is 49.1. The van der Waals surface area contributed by atoms with Crippen LogP contribution in [0.4, 0.5) is 10.1 Å². The smallest absolute Gasteiger partial charge is 0.297 e. The number of hydrogen-bond acceptors (Lipinski definition) is 8. The number of sulfonamides is 1. The predicted molar refractivity (Wildman–Crippen MR) is 191 cm³/mol. The van der Waals surface area contributed by atoms with Crippen LogP contribution in [0.5, 0.6) is 6.01 Å². The maximum Gasteiger partial charge on any atom is 0.297 e. The number of nitrogens with one attached hydrogen (secondary N) is 2. The molecule has 2 N–H and O–H groups in total. The molecule has 3 fully saturated rings. The summed E-state index contributed by atoms with van der Waals surface area (Å²) in [7, 11) is -3.82. The van der Waals surface area contributed by atoms with Crippen LogP contribution in [0.15, 0.2) is 54.6 Å². The normalized spacial score (nSPS) is 27.9. The highest BCUT2D eigenvalue weighted by molar-refractivity contribution is 7.90. The van der Waals surface area contributed by atoms with Crippen molar-refractivity contribution >= 4 is 44.3 Å². The van der Waals surface area contributed by atoms with Gasteiger partial charge in [-0.05, 0) is 94.2 Å². The number of benzene rings is 2. The quantitative estimate of drug-likeness (QED) is 0.294. The maximum absolute atomic E-state index is 14.6. The molecule has 0 unspecified atom stereocenters. The fraction of sp³-hybridized carbons (Fsp3) is 0.526. The van der Waals surface area contributed by atoms with Crippen molar-refractivity contribution in [1.82, 2.24) is 19.2 Å². The molecule has 2 saturated carbocycles. The number of fused-ring (bicyclic) bond motifs is 3. The van der Waals surface area contributed by atoms with Gasteiger partial charge in [0.15, 0.2) is 5.78 Å². The van der Waals surface area contributed by atoms with Crippen molar-refractivity contribution in [3.05, 3.63) is 66.0 Å². The molecule has 11 nitrogen and oxygen atoms in total. The molecule has 0 spiro atoms. The van der Waals surface area contributed by atoms with Gasteiger partial charge in [0.05, 0.1) is 34.3 Å². The largest absolute Gasteiger partial charge is 0.459 e. The Kier molecular flexibility index (Phi) is 9.68. The maximum atomic E-state index is 14.6. The molecule has 1 saturated heterocycles. The number of aryl methyl sites for hydroxylation is 2. The summed E-state index contributed by atoms with van der Waals surface area (Å²) in [5.74, 6) is -1.97. The van der Waals surface area contributed by atoms with Gasteiger partial charge in [-0.2, -0.15) is 4.98 Å². The van der Waals surface area contributed by atoms with Crippen LogP contribution in [0, 0.1) is 24.1 Å². The lowest BCUT2D eigenvalue weighted by Gasteiger charge is -2.30. The lowest BCUT2D eigenvalue weighted by molar-refractivity contribution is -0.139. The number of aromatic nitrogens is 2. The average molecular weight is 720 g/mol. The van der Waals surface area contributed by atoms with Crippen LogP contribution in [0.25, 0.3) is 11.0 Å². The second kappa shape index (κ2) is 14.0. The molecular weight excluding hydrogens is 674 g/mol. The van der Waals surface area contributed by atoms with Crippen molar-refractivity contribution in [3.8, 4) is 6.01 Å². The molecule has 2 aliphatic carbocycles. The summed E-state index contributed by atoms with van der Waals surface area (Å²) in [5, 5.41) is 2.69. The van der Waals surface area contributed by atoms with Crippen LogP contribution in [0.2, 0.25) is 0 Å². The number of carbonyl (C=O) groups is 3. The van der Waals surface area contributed by atoms with Crippen LogP contribution in [-0.2, 0) is 31.0 Å². The minimum atomic E-state index is -3.82. The molecule has 4 aliphatic rings. The van der Waals surface area contributed by atoms with Crippen LogP contribution in [0.3, 0.4) is 0 Å². The molecular formula is C38H46FN5O6S. The summed E-state index contributed by atoms with van der Waals surface area (Å²) in [5.41, 5.74) is 1.65. The summed E-state index contributed by atoms with van der Waals surface area (Å²) in [6.45, 7) is 4.49. The van der Waals surface area contributed by atoms with Gasteiger partial charge in [0, 0.05) is 25.1 Å². The lowest BCUT2D eigenvalue weighted by atomic mass is 9.91. The van der Waals surface area contributed by atoms with Crippen molar-refractivity contribution in [2.45, 2.75) is 108 Å². The van der Waals surface area contributed by atoms with Crippen molar-refractivity contribution in [3.63, 3.8) is 0 Å². The van der Waals surface area contributed by atoms with Gasteiger partial charge in [0.25, 0.3) is 6.01 Å². The Morgan fingerprint density at radius 3 is 2.67 bits per heavy atom. The van der Waals surface area contributed by atoms with Crippen LogP contribution in [-0.4, -0.2) is 70.4 Å². The van der Waals surface area contributed by atoms with E-state index in [-0.39, 0.29) is 37.0 Å². The zero-order chi connectivity index (χ0) is 35.9. The number of ketones is 1. The van der Waals surface area contributed by atoms with Gasteiger partial charge in [-0.25, -0.2) is 12.8 Å². The summed E-state index contributed by atoms with van der Waals surface area (Å²) >= 11 is 0. The molecule has 3 heterocycles. The first-order chi connectivity index (χ1) is 24.5. The molecule has 7 rings (SSSR count).